The second-order valence-corrected chi connectivity index (χ2v) is 5.37. The zero-order valence-electron chi connectivity index (χ0n) is 12.9. The Bertz CT molecular complexity index is 511. The molecule has 0 unspecified atom stereocenters. The van der Waals surface area contributed by atoms with Crippen LogP contribution in [0.3, 0.4) is 0 Å². The van der Waals surface area contributed by atoms with Crippen LogP contribution in [-0.4, -0.2) is 38.5 Å². The zero-order valence-corrected chi connectivity index (χ0v) is 12.9. The fourth-order valence-corrected chi connectivity index (χ4v) is 2.05. The van der Waals surface area contributed by atoms with Crippen molar-refractivity contribution < 1.29 is 9.18 Å². The minimum Gasteiger partial charge on any atom is -0.356 e. The summed E-state index contributed by atoms with van der Waals surface area (Å²) in [6.45, 7) is 1.93. The van der Waals surface area contributed by atoms with Gasteiger partial charge in [0.1, 0.15) is 5.82 Å². The highest BCUT2D eigenvalue weighted by Crippen LogP contribution is 2.28. The van der Waals surface area contributed by atoms with Crippen molar-refractivity contribution >= 4 is 11.9 Å². The van der Waals surface area contributed by atoms with E-state index < -0.39 is 0 Å². The molecule has 0 bridgehead atoms. The number of halogens is 1. The van der Waals surface area contributed by atoms with E-state index in [9.17, 15) is 9.18 Å². The van der Waals surface area contributed by atoms with Crippen LogP contribution in [0.2, 0.25) is 0 Å². The van der Waals surface area contributed by atoms with Crippen LogP contribution in [0.25, 0.3) is 0 Å². The number of benzene rings is 1. The first-order chi connectivity index (χ1) is 10.7. The van der Waals surface area contributed by atoms with Crippen LogP contribution in [0.5, 0.6) is 0 Å². The van der Waals surface area contributed by atoms with Gasteiger partial charge < -0.3 is 16.0 Å². The Morgan fingerprint density at radius 1 is 1.14 bits per heavy atom. The Labute approximate surface area is 130 Å². The molecule has 1 amide bonds. The standard InChI is InChI=1S/C16H23FN4O/c1-18-16(21-11-10-19-15(22)13-4-5-13)20-9-8-12-2-6-14(17)7-3-12/h2-3,6-7,13H,4-5,8-11H2,1H3,(H,19,22)(H2,18,20,21). The van der Waals surface area contributed by atoms with Crippen LogP contribution in [0.4, 0.5) is 4.39 Å². The molecule has 0 saturated heterocycles. The third-order valence-electron chi connectivity index (χ3n) is 3.51. The molecule has 22 heavy (non-hydrogen) atoms. The van der Waals surface area contributed by atoms with Crippen molar-refractivity contribution in [2.24, 2.45) is 10.9 Å². The van der Waals surface area contributed by atoms with E-state index in [0.717, 1.165) is 24.8 Å². The summed E-state index contributed by atoms with van der Waals surface area (Å²) >= 11 is 0. The third-order valence-corrected chi connectivity index (χ3v) is 3.51. The molecule has 0 heterocycles. The smallest absolute Gasteiger partial charge is 0.223 e. The molecule has 6 heteroatoms. The van der Waals surface area contributed by atoms with Gasteiger partial charge in [-0.2, -0.15) is 0 Å². The maximum atomic E-state index is 12.8. The summed E-state index contributed by atoms with van der Waals surface area (Å²) < 4.78 is 12.8. The highest BCUT2D eigenvalue weighted by atomic mass is 19.1. The molecule has 1 aromatic rings. The molecule has 1 aromatic carbocycles. The molecular formula is C16H23FN4O. The Kier molecular flexibility index (Phi) is 6.18. The van der Waals surface area contributed by atoms with Gasteiger partial charge in [0, 0.05) is 32.6 Å². The van der Waals surface area contributed by atoms with Crippen LogP contribution in [0, 0.1) is 11.7 Å². The Balaban J connectivity index is 1.58. The zero-order chi connectivity index (χ0) is 15.8. The molecule has 3 N–H and O–H groups in total. The minimum absolute atomic E-state index is 0.154. The first kappa shape index (κ1) is 16.3. The molecule has 1 fully saturated rings. The van der Waals surface area contributed by atoms with Gasteiger partial charge in [-0.25, -0.2) is 4.39 Å². The van der Waals surface area contributed by atoms with Crippen LogP contribution < -0.4 is 16.0 Å². The number of rotatable bonds is 7. The predicted octanol–water partition coefficient (Wildman–Crippen LogP) is 1.06. The Morgan fingerprint density at radius 3 is 2.41 bits per heavy atom. The van der Waals surface area contributed by atoms with Gasteiger partial charge in [-0.1, -0.05) is 12.1 Å². The SMILES string of the molecule is CN=C(NCCNC(=O)C1CC1)NCCc1ccc(F)cc1. The summed E-state index contributed by atoms with van der Waals surface area (Å²) in [4.78, 5) is 15.6. The summed E-state index contributed by atoms with van der Waals surface area (Å²) in [5, 5.41) is 9.22. The van der Waals surface area contributed by atoms with Gasteiger partial charge in [0.05, 0.1) is 0 Å². The topological polar surface area (TPSA) is 65.5 Å². The molecule has 5 nitrogen and oxygen atoms in total. The molecule has 0 radical (unpaired) electrons. The molecule has 0 spiro atoms. The first-order valence-corrected chi connectivity index (χ1v) is 7.65. The lowest BCUT2D eigenvalue weighted by Crippen LogP contribution is -2.42. The number of amides is 1. The highest BCUT2D eigenvalue weighted by molar-refractivity contribution is 5.81. The summed E-state index contributed by atoms with van der Waals surface area (Å²) in [6, 6.07) is 6.48. The fourth-order valence-electron chi connectivity index (χ4n) is 2.05. The molecular weight excluding hydrogens is 283 g/mol. The number of hydrogen-bond donors (Lipinski definition) is 3. The lowest BCUT2D eigenvalue weighted by molar-refractivity contribution is -0.122. The fraction of sp³-hybridized carbons (Fsp3) is 0.500. The largest absolute Gasteiger partial charge is 0.356 e. The molecule has 0 aromatic heterocycles. The summed E-state index contributed by atoms with van der Waals surface area (Å²) in [6.07, 6.45) is 2.83. The van der Waals surface area contributed by atoms with Gasteiger partial charge in [0.2, 0.25) is 5.91 Å². The maximum absolute atomic E-state index is 12.8. The molecule has 1 saturated carbocycles. The van der Waals surface area contributed by atoms with Crippen molar-refractivity contribution in [3.8, 4) is 0 Å². The van der Waals surface area contributed by atoms with Crippen LogP contribution in [-0.2, 0) is 11.2 Å². The summed E-state index contributed by atoms with van der Waals surface area (Å²) in [7, 11) is 1.70. The highest BCUT2D eigenvalue weighted by Gasteiger charge is 2.28. The molecule has 120 valence electrons. The van der Waals surface area contributed by atoms with E-state index in [4.69, 9.17) is 0 Å². The van der Waals surface area contributed by atoms with Crippen LogP contribution in [0.15, 0.2) is 29.3 Å². The Morgan fingerprint density at radius 2 is 1.77 bits per heavy atom. The van der Waals surface area contributed by atoms with Crippen molar-refractivity contribution in [1.29, 1.82) is 0 Å². The summed E-state index contributed by atoms with van der Waals surface area (Å²) in [5.74, 6) is 0.874. The molecule has 2 rings (SSSR count). The monoisotopic (exact) mass is 306 g/mol. The second kappa shape index (κ2) is 8.36. The van der Waals surface area contributed by atoms with Gasteiger partial charge >= 0.3 is 0 Å². The van der Waals surface area contributed by atoms with Crippen molar-refractivity contribution in [2.75, 3.05) is 26.7 Å². The van der Waals surface area contributed by atoms with E-state index >= 15 is 0 Å². The molecule has 1 aliphatic carbocycles. The third kappa shape index (κ3) is 5.71. The Hall–Kier alpha value is -2.11. The van der Waals surface area contributed by atoms with Crippen molar-refractivity contribution in [3.63, 3.8) is 0 Å². The van der Waals surface area contributed by atoms with Crippen molar-refractivity contribution in [2.45, 2.75) is 19.3 Å². The normalized spacial score (nSPS) is 14.5. The van der Waals surface area contributed by atoms with E-state index in [1.807, 2.05) is 0 Å². The average molecular weight is 306 g/mol. The number of nitrogens with zero attached hydrogens (tertiary/aromatic N) is 1. The van der Waals surface area contributed by atoms with E-state index in [1.54, 1.807) is 19.2 Å². The van der Waals surface area contributed by atoms with E-state index in [2.05, 4.69) is 20.9 Å². The lowest BCUT2D eigenvalue weighted by Gasteiger charge is -2.12. The molecule has 0 aliphatic heterocycles. The van der Waals surface area contributed by atoms with E-state index in [-0.39, 0.29) is 17.6 Å². The van der Waals surface area contributed by atoms with Gasteiger partial charge in [-0.05, 0) is 37.0 Å². The number of aliphatic imine (C=N–C) groups is 1. The van der Waals surface area contributed by atoms with Gasteiger partial charge in [0.15, 0.2) is 5.96 Å². The first-order valence-electron chi connectivity index (χ1n) is 7.65. The van der Waals surface area contributed by atoms with Gasteiger partial charge in [-0.3, -0.25) is 9.79 Å². The number of carbonyl (C=O) groups excluding carboxylic acids is 1. The lowest BCUT2D eigenvalue weighted by atomic mass is 10.1. The van der Waals surface area contributed by atoms with Gasteiger partial charge in [0.25, 0.3) is 0 Å². The van der Waals surface area contributed by atoms with Crippen molar-refractivity contribution in [3.05, 3.63) is 35.6 Å². The van der Waals surface area contributed by atoms with E-state index in [0.29, 0.717) is 25.6 Å². The minimum atomic E-state index is -0.220. The van der Waals surface area contributed by atoms with E-state index in [1.165, 1.54) is 12.1 Å². The number of guanidine groups is 1. The average Bonchev–Trinajstić information content (AvgIpc) is 3.36. The number of carbonyl (C=O) groups is 1. The van der Waals surface area contributed by atoms with Crippen LogP contribution in [0.1, 0.15) is 18.4 Å². The molecule has 0 atom stereocenters. The quantitative estimate of drug-likeness (QED) is 0.401. The van der Waals surface area contributed by atoms with Gasteiger partial charge in [-0.15, -0.1) is 0 Å². The van der Waals surface area contributed by atoms with Crippen LogP contribution >= 0.6 is 0 Å². The predicted molar refractivity (Wildman–Crippen MR) is 85.2 cm³/mol. The second-order valence-electron chi connectivity index (χ2n) is 5.37. The summed E-state index contributed by atoms with van der Waals surface area (Å²) in [5.41, 5.74) is 1.07. The van der Waals surface area contributed by atoms with Crippen molar-refractivity contribution in [1.82, 2.24) is 16.0 Å². The maximum Gasteiger partial charge on any atom is 0.223 e. The number of hydrogen-bond acceptors (Lipinski definition) is 2. The number of nitrogens with one attached hydrogen (secondary N) is 3. The molecule has 1 aliphatic rings.